The molecule has 2 N–H and O–H groups in total. The quantitative estimate of drug-likeness (QED) is 0.461. The van der Waals surface area contributed by atoms with Crippen LogP contribution in [0.2, 0.25) is 0 Å². The van der Waals surface area contributed by atoms with E-state index >= 15 is 0 Å². The summed E-state index contributed by atoms with van der Waals surface area (Å²) in [5, 5.41) is 10.7. The Morgan fingerprint density at radius 3 is 2.32 bits per heavy atom. The van der Waals surface area contributed by atoms with Crippen molar-refractivity contribution in [2.45, 2.75) is 37.3 Å². The van der Waals surface area contributed by atoms with Gasteiger partial charge >= 0.3 is 12.4 Å². The largest absolute Gasteiger partial charge is 0.416 e. The number of fused-ring (bicyclic) bond motifs is 2. The van der Waals surface area contributed by atoms with Gasteiger partial charge in [0, 0.05) is 47.5 Å². The Balaban J connectivity index is 1.53. The summed E-state index contributed by atoms with van der Waals surface area (Å²) in [7, 11) is 0. The molecule has 2 aliphatic heterocycles. The fraction of sp³-hybridized carbons (Fsp3) is 0.346. The molecule has 5 nitrogen and oxygen atoms in total. The van der Waals surface area contributed by atoms with Crippen LogP contribution in [0.15, 0.2) is 60.4 Å². The Labute approximate surface area is 208 Å². The standard InChI is InChI=1S/C26H23F6N3O2/c27-25(28,29)17-7-15(8-18(10-17)26(30,31)32)24(37)35-12-19-5-6-20(14-36)34(19)13-21(35)9-16-11-33-23-4-2-1-3-22(16)23/h1-4,6-8,10-11,19,21,33,36H,5,9,12-14H2/t19-,21-/m1/s1. The van der Waals surface area contributed by atoms with Gasteiger partial charge in [-0.25, -0.2) is 0 Å². The number of nitrogens with zero attached hydrogens (tertiary/aromatic N) is 2. The van der Waals surface area contributed by atoms with Gasteiger partial charge in [-0.1, -0.05) is 24.3 Å². The van der Waals surface area contributed by atoms with Crippen LogP contribution in [0, 0.1) is 0 Å². The highest BCUT2D eigenvalue weighted by Crippen LogP contribution is 2.37. The van der Waals surface area contributed by atoms with Crippen molar-refractivity contribution >= 4 is 16.8 Å². The number of carbonyl (C=O) groups is 1. The summed E-state index contributed by atoms with van der Waals surface area (Å²) in [6, 6.07) is 7.71. The van der Waals surface area contributed by atoms with Gasteiger partial charge in [-0.05, 0) is 42.7 Å². The number of para-hydroxylation sites is 1. The number of piperazine rings is 1. The Morgan fingerprint density at radius 1 is 1.00 bits per heavy atom. The molecule has 0 radical (unpaired) electrons. The number of aromatic nitrogens is 1. The average molecular weight is 523 g/mol. The SMILES string of the molecule is O=C(c1cc(C(F)(F)F)cc(C(F)(F)F)c1)N1C[C@H]2CC=C(CO)N2C[C@H]1Cc1c[nH]c2ccccc12. The van der Waals surface area contributed by atoms with Crippen LogP contribution in [-0.4, -0.2) is 57.6 Å². The first kappa shape index (κ1) is 25.2. The van der Waals surface area contributed by atoms with Gasteiger partial charge in [-0.15, -0.1) is 0 Å². The minimum Gasteiger partial charge on any atom is -0.390 e. The first-order valence-electron chi connectivity index (χ1n) is 11.7. The molecule has 1 amide bonds. The molecule has 0 spiro atoms. The third-order valence-corrected chi connectivity index (χ3v) is 7.08. The lowest BCUT2D eigenvalue weighted by atomic mass is 9.97. The van der Waals surface area contributed by atoms with E-state index in [1.165, 1.54) is 4.90 Å². The number of carbonyl (C=O) groups excluding carboxylic acids is 1. The molecule has 0 unspecified atom stereocenters. The summed E-state index contributed by atoms with van der Waals surface area (Å²) in [5.74, 6) is -0.890. The molecule has 3 aromatic rings. The highest BCUT2D eigenvalue weighted by Gasteiger charge is 2.42. The van der Waals surface area contributed by atoms with Gasteiger partial charge in [0.05, 0.1) is 23.8 Å². The van der Waals surface area contributed by atoms with Gasteiger partial charge in [0.15, 0.2) is 0 Å². The number of hydrogen-bond acceptors (Lipinski definition) is 3. The van der Waals surface area contributed by atoms with Crippen molar-refractivity contribution in [1.82, 2.24) is 14.8 Å². The second-order valence-corrected chi connectivity index (χ2v) is 9.36. The Morgan fingerprint density at radius 2 is 1.68 bits per heavy atom. The summed E-state index contributed by atoms with van der Waals surface area (Å²) in [6.07, 6.45) is -5.64. The number of rotatable bonds is 4. The van der Waals surface area contributed by atoms with E-state index in [1.54, 1.807) is 6.20 Å². The zero-order valence-electron chi connectivity index (χ0n) is 19.4. The summed E-state index contributed by atoms with van der Waals surface area (Å²) in [6.45, 7) is 0.184. The number of alkyl halides is 6. The third kappa shape index (κ3) is 4.79. The minimum atomic E-state index is -5.05. The lowest BCUT2D eigenvalue weighted by Gasteiger charge is -2.46. The van der Waals surface area contributed by atoms with Crippen molar-refractivity contribution in [2.24, 2.45) is 0 Å². The molecule has 1 fully saturated rings. The summed E-state index contributed by atoms with van der Waals surface area (Å²) < 4.78 is 80.7. The number of halogens is 6. The molecule has 0 saturated carbocycles. The summed E-state index contributed by atoms with van der Waals surface area (Å²) in [4.78, 5) is 20.1. The maximum Gasteiger partial charge on any atom is 0.416 e. The van der Waals surface area contributed by atoms with E-state index in [2.05, 4.69) is 4.98 Å². The Hall–Kier alpha value is -3.47. The molecule has 37 heavy (non-hydrogen) atoms. The summed E-state index contributed by atoms with van der Waals surface area (Å²) in [5.41, 5.74) is -1.28. The van der Waals surface area contributed by atoms with Crippen LogP contribution < -0.4 is 0 Å². The van der Waals surface area contributed by atoms with Crippen LogP contribution in [-0.2, 0) is 18.8 Å². The minimum absolute atomic E-state index is 0.0204. The van der Waals surface area contributed by atoms with Gasteiger partial charge in [-0.2, -0.15) is 26.3 Å². The number of nitrogens with one attached hydrogen (secondary N) is 1. The van der Waals surface area contributed by atoms with Crippen molar-refractivity contribution in [2.75, 3.05) is 19.7 Å². The van der Waals surface area contributed by atoms with Crippen LogP contribution >= 0.6 is 0 Å². The lowest BCUT2D eigenvalue weighted by molar-refractivity contribution is -0.143. The van der Waals surface area contributed by atoms with E-state index in [-0.39, 0.29) is 31.8 Å². The van der Waals surface area contributed by atoms with E-state index in [0.717, 1.165) is 16.5 Å². The highest BCUT2D eigenvalue weighted by molar-refractivity contribution is 5.95. The second kappa shape index (κ2) is 9.13. The van der Waals surface area contributed by atoms with Crippen molar-refractivity contribution in [3.8, 4) is 0 Å². The smallest absolute Gasteiger partial charge is 0.390 e. The van der Waals surface area contributed by atoms with Crippen LogP contribution in [0.3, 0.4) is 0 Å². The molecule has 5 rings (SSSR count). The molecule has 1 aromatic heterocycles. The molecule has 196 valence electrons. The molecular weight excluding hydrogens is 500 g/mol. The molecule has 2 aromatic carbocycles. The zero-order valence-corrected chi connectivity index (χ0v) is 19.4. The van der Waals surface area contributed by atoms with Crippen molar-refractivity contribution in [1.29, 1.82) is 0 Å². The highest BCUT2D eigenvalue weighted by atomic mass is 19.4. The Bertz CT molecular complexity index is 1330. The normalized spacial score (nSPS) is 20.4. The van der Waals surface area contributed by atoms with Crippen LogP contribution in [0.5, 0.6) is 0 Å². The molecule has 11 heteroatoms. The van der Waals surface area contributed by atoms with E-state index < -0.39 is 41.0 Å². The van der Waals surface area contributed by atoms with Crippen LogP contribution in [0.25, 0.3) is 10.9 Å². The van der Waals surface area contributed by atoms with E-state index in [4.69, 9.17) is 0 Å². The lowest BCUT2D eigenvalue weighted by Crippen LogP contribution is -2.58. The van der Waals surface area contributed by atoms with E-state index in [0.29, 0.717) is 30.7 Å². The topological polar surface area (TPSA) is 59.6 Å². The van der Waals surface area contributed by atoms with Gasteiger partial charge in [0.25, 0.3) is 5.91 Å². The third-order valence-electron chi connectivity index (χ3n) is 7.08. The van der Waals surface area contributed by atoms with Crippen molar-refractivity contribution < 1.29 is 36.2 Å². The van der Waals surface area contributed by atoms with Crippen molar-refractivity contribution in [3.05, 3.63) is 82.7 Å². The van der Waals surface area contributed by atoms with Crippen molar-refractivity contribution in [3.63, 3.8) is 0 Å². The maximum absolute atomic E-state index is 13.6. The average Bonchev–Trinajstić information content (AvgIpc) is 3.45. The van der Waals surface area contributed by atoms with Gasteiger partial charge in [0.1, 0.15) is 0 Å². The molecular formula is C26H23F6N3O2. The number of amides is 1. The van der Waals surface area contributed by atoms with Crippen LogP contribution in [0.4, 0.5) is 26.3 Å². The predicted octanol–water partition coefficient (Wildman–Crippen LogP) is 5.22. The fourth-order valence-corrected chi connectivity index (χ4v) is 5.27. The second-order valence-electron chi connectivity index (χ2n) is 9.36. The number of H-pyrrole nitrogens is 1. The first-order valence-corrected chi connectivity index (χ1v) is 11.7. The maximum atomic E-state index is 13.6. The first-order chi connectivity index (χ1) is 17.5. The monoisotopic (exact) mass is 523 g/mol. The Kier molecular flexibility index (Phi) is 6.21. The number of aliphatic hydroxyl groups excluding tert-OH is 1. The molecule has 0 bridgehead atoms. The molecule has 2 aliphatic rings. The number of benzene rings is 2. The van der Waals surface area contributed by atoms with Gasteiger partial charge in [-0.3, -0.25) is 4.79 Å². The molecule has 3 heterocycles. The fourth-order valence-electron chi connectivity index (χ4n) is 5.27. The predicted molar refractivity (Wildman–Crippen MR) is 124 cm³/mol. The molecule has 0 aliphatic carbocycles. The summed E-state index contributed by atoms with van der Waals surface area (Å²) >= 11 is 0. The zero-order chi connectivity index (χ0) is 26.5. The number of aromatic amines is 1. The van der Waals surface area contributed by atoms with E-state index in [9.17, 15) is 36.2 Å². The molecule has 1 saturated heterocycles. The van der Waals surface area contributed by atoms with Crippen LogP contribution in [0.1, 0.15) is 33.5 Å². The number of hydrogen-bond donors (Lipinski definition) is 2. The van der Waals surface area contributed by atoms with E-state index in [1.807, 2.05) is 35.2 Å². The van der Waals surface area contributed by atoms with Gasteiger partial charge in [0.2, 0.25) is 0 Å². The van der Waals surface area contributed by atoms with Gasteiger partial charge < -0.3 is 19.9 Å². The number of aliphatic hydroxyl groups is 1. The molecule has 2 atom stereocenters.